The number of nitrogens with zero attached hydrogens (tertiary/aromatic N) is 4. The zero-order valence-corrected chi connectivity index (χ0v) is 14.8. The number of rotatable bonds is 5. The standard InChI is InChI=1S/C19H17N5O4/c25-18(21-27)9-10-23-11-13(20-22-23)12-24-15-6-2-4-8-17(15)28-16-7-3-1-5-14(16)19(24)26/h1-8,11,27H,9-10,12H2,(H,21,25). The van der Waals surface area contributed by atoms with Crippen molar-refractivity contribution in [2.75, 3.05) is 4.90 Å². The van der Waals surface area contributed by atoms with Crippen molar-refractivity contribution in [1.29, 1.82) is 0 Å². The maximum atomic E-state index is 13.2. The molecule has 9 heteroatoms. The summed E-state index contributed by atoms with van der Waals surface area (Å²) in [5.74, 6) is 0.367. The summed E-state index contributed by atoms with van der Waals surface area (Å²) in [5.41, 5.74) is 3.24. The van der Waals surface area contributed by atoms with Crippen LogP contribution < -0.4 is 15.1 Å². The normalized spacial score (nSPS) is 12.6. The number of fused-ring (bicyclic) bond motifs is 2. The van der Waals surface area contributed by atoms with Crippen LogP contribution in [0, 0.1) is 0 Å². The number of carbonyl (C=O) groups is 2. The van der Waals surface area contributed by atoms with E-state index in [-0.39, 0.29) is 25.4 Å². The van der Waals surface area contributed by atoms with Gasteiger partial charge in [0.25, 0.3) is 5.91 Å². The number of para-hydroxylation sites is 3. The first-order valence-corrected chi connectivity index (χ1v) is 8.65. The van der Waals surface area contributed by atoms with Gasteiger partial charge < -0.3 is 4.74 Å². The zero-order valence-electron chi connectivity index (χ0n) is 14.8. The number of benzene rings is 2. The van der Waals surface area contributed by atoms with Crippen LogP contribution in [-0.2, 0) is 17.9 Å². The van der Waals surface area contributed by atoms with Crippen molar-refractivity contribution in [3.63, 3.8) is 0 Å². The third-order valence-corrected chi connectivity index (χ3v) is 4.34. The first-order chi connectivity index (χ1) is 13.7. The predicted molar refractivity (Wildman–Crippen MR) is 98.0 cm³/mol. The fourth-order valence-corrected chi connectivity index (χ4v) is 2.98. The molecule has 0 aliphatic carbocycles. The van der Waals surface area contributed by atoms with Gasteiger partial charge in [-0.25, -0.2) is 5.48 Å². The van der Waals surface area contributed by atoms with E-state index in [1.165, 1.54) is 4.68 Å². The van der Waals surface area contributed by atoms with Gasteiger partial charge in [0.2, 0.25) is 5.91 Å². The van der Waals surface area contributed by atoms with E-state index < -0.39 is 5.91 Å². The molecule has 0 fully saturated rings. The van der Waals surface area contributed by atoms with Gasteiger partial charge in [0.15, 0.2) is 5.75 Å². The van der Waals surface area contributed by atoms with Crippen LogP contribution in [0.5, 0.6) is 11.5 Å². The summed E-state index contributed by atoms with van der Waals surface area (Å²) >= 11 is 0. The molecule has 2 heterocycles. The lowest BCUT2D eigenvalue weighted by molar-refractivity contribution is -0.129. The Morgan fingerprint density at radius 3 is 2.68 bits per heavy atom. The number of ether oxygens (including phenoxy) is 1. The van der Waals surface area contributed by atoms with Crippen LogP contribution in [0.1, 0.15) is 22.5 Å². The van der Waals surface area contributed by atoms with E-state index in [9.17, 15) is 9.59 Å². The van der Waals surface area contributed by atoms with Crippen molar-refractivity contribution < 1.29 is 19.5 Å². The lowest BCUT2D eigenvalue weighted by Gasteiger charge is -2.20. The predicted octanol–water partition coefficient (Wildman–Crippen LogP) is 2.13. The molecule has 0 radical (unpaired) electrons. The number of aromatic nitrogens is 3. The van der Waals surface area contributed by atoms with Gasteiger partial charge in [0.1, 0.15) is 11.4 Å². The molecular formula is C19H17N5O4. The maximum Gasteiger partial charge on any atom is 0.262 e. The molecule has 2 aromatic carbocycles. The van der Waals surface area contributed by atoms with Gasteiger partial charge in [-0.15, -0.1) is 5.10 Å². The third kappa shape index (κ3) is 3.42. The van der Waals surface area contributed by atoms with Gasteiger partial charge in [-0.2, -0.15) is 0 Å². The van der Waals surface area contributed by atoms with Crippen molar-refractivity contribution in [3.8, 4) is 11.5 Å². The Kier molecular flexibility index (Phi) is 4.73. The van der Waals surface area contributed by atoms with Crippen LogP contribution in [0.25, 0.3) is 0 Å². The van der Waals surface area contributed by atoms with E-state index in [2.05, 4.69) is 10.3 Å². The maximum absolute atomic E-state index is 13.2. The Morgan fingerprint density at radius 2 is 1.86 bits per heavy atom. The van der Waals surface area contributed by atoms with E-state index in [0.29, 0.717) is 28.4 Å². The minimum atomic E-state index is -0.512. The topological polar surface area (TPSA) is 110 Å². The summed E-state index contributed by atoms with van der Waals surface area (Å²) < 4.78 is 7.44. The van der Waals surface area contributed by atoms with Gasteiger partial charge >= 0.3 is 0 Å². The number of aryl methyl sites for hydroxylation is 1. The van der Waals surface area contributed by atoms with E-state index in [1.54, 1.807) is 34.8 Å². The third-order valence-electron chi connectivity index (χ3n) is 4.34. The smallest absolute Gasteiger partial charge is 0.262 e. The molecule has 0 saturated carbocycles. The van der Waals surface area contributed by atoms with Crippen molar-refractivity contribution in [1.82, 2.24) is 20.5 Å². The first kappa shape index (κ1) is 17.7. The van der Waals surface area contributed by atoms with Crippen LogP contribution in [0.2, 0.25) is 0 Å². The van der Waals surface area contributed by atoms with E-state index in [0.717, 1.165) is 0 Å². The highest BCUT2D eigenvalue weighted by Gasteiger charge is 2.28. The van der Waals surface area contributed by atoms with Gasteiger partial charge in [0.05, 0.1) is 30.5 Å². The summed E-state index contributed by atoms with van der Waals surface area (Å²) in [6.07, 6.45) is 1.73. The van der Waals surface area contributed by atoms with Crippen LogP contribution in [0.4, 0.5) is 5.69 Å². The van der Waals surface area contributed by atoms with Gasteiger partial charge in [0, 0.05) is 6.42 Å². The molecule has 28 heavy (non-hydrogen) atoms. The second-order valence-corrected chi connectivity index (χ2v) is 6.22. The molecule has 0 saturated heterocycles. The van der Waals surface area contributed by atoms with Crippen molar-refractivity contribution in [3.05, 3.63) is 66.0 Å². The van der Waals surface area contributed by atoms with E-state index in [4.69, 9.17) is 9.94 Å². The Balaban J connectivity index is 1.62. The lowest BCUT2D eigenvalue weighted by Crippen LogP contribution is -2.29. The highest BCUT2D eigenvalue weighted by molar-refractivity contribution is 6.09. The summed E-state index contributed by atoms with van der Waals surface area (Å²) in [7, 11) is 0. The van der Waals surface area contributed by atoms with Gasteiger partial charge in [-0.1, -0.05) is 29.5 Å². The summed E-state index contributed by atoms with van der Waals surface area (Å²) in [4.78, 5) is 25.9. The Hall–Kier alpha value is -3.72. The van der Waals surface area contributed by atoms with Gasteiger partial charge in [-0.3, -0.25) is 24.4 Å². The second-order valence-electron chi connectivity index (χ2n) is 6.22. The number of carbonyl (C=O) groups excluding carboxylic acids is 2. The average Bonchev–Trinajstić information content (AvgIpc) is 3.14. The number of amides is 2. The Morgan fingerprint density at radius 1 is 1.11 bits per heavy atom. The molecule has 142 valence electrons. The average molecular weight is 379 g/mol. The Bertz CT molecular complexity index is 1030. The minimum Gasteiger partial charge on any atom is -0.454 e. The SMILES string of the molecule is O=C(CCn1cc(CN2C(=O)c3ccccc3Oc3ccccc32)nn1)NO. The number of hydrogen-bond donors (Lipinski definition) is 2. The van der Waals surface area contributed by atoms with Crippen molar-refractivity contribution in [2.45, 2.75) is 19.5 Å². The van der Waals surface area contributed by atoms with Crippen molar-refractivity contribution in [2.24, 2.45) is 0 Å². The summed E-state index contributed by atoms with van der Waals surface area (Å²) in [6, 6.07) is 14.4. The van der Waals surface area contributed by atoms with E-state index in [1.807, 2.05) is 30.3 Å². The molecule has 1 aliphatic heterocycles. The molecule has 1 aliphatic rings. The van der Waals surface area contributed by atoms with Crippen LogP contribution in [0.3, 0.4) is 0 Å². The summed E-state index contributed by atoms with van der Waals surface area (Å²) in [6.45, 7) is 0.454. The minimum absolute atomic E-state index is 0.0615. The lowest BCUT2D eigenvalue weighted by atomic mass is 10.1. The number of nitrogens with one attached hydrogen (secondary N) is 1. The van der Waals surface area contributed by atoms with Gasteiger partial charge in [-0.05, 0) is 24.3 Å². The Labute approximate surface area is 160 Å². The van der Waals surface area contributed by atoms with Crippen LogP contribution in [0.15, 0.2) is 54.7 Å². The molecular weight excluding hydrogens is 362 g/mol. The molecule has 4 rings (SSSR count). The largest absolute Gasteiger partial charge is 0.454 e. The molecule has 2 N–H and O–H groups in total. The van der Waals surface area contributed by atoms with Crippen molar-refractivity contribution >= 4 is 17.5 Å². The zero-order chi connectivity index (χ0) is 19.5. The molecule has 0 spiro atoms. The molecule has 9 nitrogen and oxygen atoms in total. The molecule has 0 unspecified atom stereocenters. The number of anilines is 1. The summed E-state index contributed by atoms with van der Waals surface area (Å²) in [5, 5.41) is 16.6. The highest BCUT2D eigenvalue weighted by Crippen LogP contribution is 2.39. The quantitative estimate of drug-likeness (QED) is 0.519. The molecule has 1 aromatic heterocycles. The molecule has 3 aromatic rings. The molecule has 0 bridgehead atoms. The first-order valence-electron chi connectivity index (χ1n) is 8.65. The van der Waals surface area contributed by atoms with Crippen LogP contribution >= 0.6 is 0 Å². The molecule has 2 amide bonds. The monoisotopic (exact) mass is 379 g/mol. The molecule has 0 atom stereocenters. The van der Waals surface area contributed by atoms with Crippen LogP contribution in [-0.4, -0.2) is 32.0 Å². The van der Waals surface area contributed by atoms with E-state index >= 15 is 0 Å². The highest BCUT2D eigenvalue weighted by atomic mass is 16.5. The number of hydrogen-bond acceptors (Lipinski definition) is 6. The number of hydroxylamine groups is 1. The second kappa shape index (κ2) is 7.49. The fraction of sp³-hybridized carbons (Fsp3) is 0.158. The fourth-order valence-electron chi connectivity index (χ4n) is 2.98.